The lowest BCUT2D eigenvalue weighted by Crippen LogP contribution is -1.95. The molecular weight excluding hydrogens is 170 g/mol. The van der Waals surface area contributed by atoms with E-state index in [1.807, 2.05) is 0 Å². The first-order valence-corrected chi connectivity index (χ1v) is 4.85. The molecule has 68 valence electrons. The average molecular weight is 181 g/mol. The first kappa shape index (κ1) is 7.63. The Morgan fingerprint density at radius 1 is 0.929 bits per heavy atom. The fraction of sp³-hybridized carbons (Fsp3) is 0.0769. The summed E-state index contributed by atoms with van der Waals surface area (Å²) >= 11 is 0. The van der Waals surface area contributed by atoms with Crippen LogP contribution in [0.5, 0.6) is 0 Å². The molecule has 1 heteroatoms. The van der Waals surface area contributed by atoms with Crippen molar-refractivity contribution < 1.29 is 0 Å². The van der Waals surface area contributed by atoms with E-state index in [9.17, 15) is 0 Å². The zero-order valence-electron chi connectivity index (χ0n) is 7.80. The molecule has 0 aliphatic carbocycles. The van der Waals surface area contributed by atoms with Gasteiger partial charge in [0, 0.05) is 24.0 Å². The normalized spacial score (nSPS) is 18.4. The topological polar surface area (TPSA) is 4.93 Å². The molecule has 2 aromatic rings. The summed E-state index contributed by atoms with van der Waals surface area (Å²) in [5, 5.41) is 0. The molecule has 0 saturated heterocycles. The van der Waals surface area contributed by atoms with Gasteiger partial charge in [-0.05, 0) is 17.7 Å². The number of hydrogen-bond acceptors (Lipinski definition) is 0. The summed E-state index contributed by atoms with van der Waals surface area (Å²) in [6.45, 7) is 0. The highest BCUT2D eigenvalue weighted by atomic mass is 15.0. The summed E-state index contributed by atoms with van der Waals surface area (Å²) in [6.07, 6.45) is 6.46. The standard InChI is InChI=1S/C13H11N/c1-2-5-11(6-3-1)12-8-10-14-9-4-7-13(12)14/h1-10,12H. The minimum Gasteiger partial charge on any atom is -0.327 e. The molecular formula is C13H11N. The smallest absolute Gasteiger partial charge is 0.0443 e. The quantitative estimate of drug-likeness (QED) is 0.637. The maximum Gasteiger partial charge on any atom is 0.0443 e. The third-order valence-electron chi connectivity index (χ3n) is 2.73. The van der Waals surface area contributed by atoms with Crippen LogP contribution in [0.15, 0.2) is 54.7 Å². The molecule has 1 unspecified atom stereocenters. The van der Waals surface area contributed by atoms with Gasteiger partial charge in [0.15, 0.2) is 0 Å². The molecule has 1 aromatic heterocycles. The third kappa shape index (κ3) is 1.02. The van der Waals surface area contributed by atoms with E-state index < -0.39 is 0 Å². The van der Waals surface area contributed by atoms with Crippen LogP contribution in [0.25, 0.3) is 6.20 Å². The van der Waals surface area contributed by atoms with Crippen LogP contribution >= 0.6 is 0 Å². The Bertz CT molecular complexity index is 465. The molecule has 0 radical (unpaired) electrons. The fourth-order valence-corrected chi connectivity index (χ4v) is 2.03. The maximum atomic E-state index is 2.24. The fourth-order valence-electron chi connectivity index (χ4n) is 2.03. The highest BCUT2D eigenvalue weighted by Crippen LogP contribution is 2.30. The highest BCUT2D eigenvalue weighted by Gasteiger charge is 2.17. The Balaban J connectivity index is 2.08. The van der Waals surface area contributed by atoms with Crippen molar-refractivity contribution in [1.29, 1.82) is 0 Å². The van der Waals surface area contributed by atoms with E-state index in [0.717, 1.165) is 0 Å². The van der Waals surface area contributed by atoms with E-state index in [4.69, 9.17) is 0 Å². The molecule has 0 bridgehead atoms. The second kappa shape index (κ2) is 2.88. The van der Waals surface area contributed by atoms with Gasteiger partial charge < -0.3 is 4.57 Å². The van der Waals surface area contributed by atoms with Gasteiger partial charge in [-0.3, -0.25) is 0 Å². The Hall–Kier alpha value is -1.76. The Labute approximate surface area is 83.3 Å². The lowest BCUT2D eigenvalue weighted by atomic mass is 9.97. The van der Waals surface area contributed by atoms with Crippen LogP contribution in [0.2, 0.25) is 0 Å². The van der Waals surface area contributed by atoms with E-state index in [1.54, 1.807) is 0 Å². The van der Waals surface area contributed by atoms with Gasteiger partial charge in [0.2, 0.25) is 0 Å². The summed E-state index contributed by atoms with van der Waals surface area (Å²) in [7, 11) is 0. The van der Waals surface area contributed by atoms with Crippen molar-refractivity contribution in [3.05, 3.63) is 66.0 Å². The van der Waals surface area contributed by atoms with Crippen molar-refractivity contribution in [2.24, 2.45) is 0 Å². The lowest BCUT2D eigenvalue weighted by molar-refractivity contribution is 0.970. The SMILES string of the molecule is C1=Cn2cccc2C1c1ccccc1. The molecule has 0 fully saturated rings. The van der Waals surface area contributed by atoms with Gasteiger partial charge in [-0.1, -0.05) is 36.4 Å². The van der Waals surface area contributed by atoms with Gasteiger partial charge in [-0.15, -0.1) is 0 Å². The van der Waals surface area contributed by atoms with Crippen molar-refractivity contribution in [3.8, 4) is 0 Å². The molecule has 3 rings (SSSR count). The molecule has 0 saturated carbocycles. The number of hydrogen-bond donors (Lipinski definition) is 0. The first-order chi connectivity index (χ1) is 6.95. The zero-order chi connectivity index (χ0) is 9.38. The number of nitrogens with zero attached hydrogens (tertiary/aromatic N) is 1. The van der Waals surface area contributed by atoms with Crippen molar-refractivity contribution in [2.45, 2.75) is 5.92 Å². The molecule has 14 heavy (non-hydrogen) atoms. The molecule has 1 nitrogen and oxygen atoms in total. The second-order valence-corrected chi connectivity index (χ2v) is 3.57. The molecule has 1 aliphatic rings. The van der Waals surface area contributed by atoms with Gasteiger partial charge >= 0.3 is 0 Å². The van der Waals surface area contributed by atoms with Gasteiger partial charge in [0.1, 0.15) is 0 Å². The predicted molar refractivity (Wildman–Crippen MR) is 58.0 cm³/mol. The zero-order valence-corrected chi connectivity index (χ0v) is 7.80. The van der Waals surface area contributed by atoms with Crippen LogP contribution in [0.1, 0.15) is 17.2 Å². The van der Waals surface area contributed by atoms with Crippen LogP contribution in [0.3, 0.4) is 0 Å². The highest BCUT2D eigenvalue weighted by molar-refractivity contribution is 5.47. The predicted octanol–water partition coefficient (Wildman–Crippen LogP) is 3.10. The average Bonchev–Trinajstić information content (AvgIpc) is 2.79. The van der Waals surface area contributed by atoms with E-state index in [-0.39, 0.29) is 0 Å². The Kier molecular flexibility index (Phi) is 1.57. The van der Waals surface area contributed by atoms with Crippen LogP contribution in [-0.2, 0) is 0 Å². The Morgan fingerprint density at radius 2 is 1.79 bits per heavy atom. The van der Waals surface area contributed by atoms with E-state index in [0.29, 0.717) is 5.92 Å². The van der Waals surface area contributed by atoms with Crippen molar-refractivity contribution in [2.75, 3.05) is 0 Å². The van der Waals surface area contributed by atoms with Crippen LogP contribution < -0.4 is 0 Å². The summed E-state index contributed by atoms with van der Waals surface area (Å²) < 4.78 is 2.18. The lowest BCUT2D eigenvalue weighted by Gasteiger charge is -2.08. The van der Waals surface area contributed by atoms with Gasteiger partial charge in [0.25, 0.3) is 0 Å². The van der Waals surface area contributed by atoms with Crippen LogP contribution in [0, 0.1) is 0 Å². The summed E-state index contributed by atoms with van der Waals surface area (Å²) in [5.41, 5.74) is 2.72. The second-order valence-electron chi connectivity index (χ2n) is 3.57. The molecule has 0 N–H and O–H groups in total. The van der Waals surface area contributed by atoms with Gasteiger partial charge in [-0.2, -0.15) is 0 Å². The van der Waals surface area contributed by atoms with Crippen molar-refractivity contribution >= 4 is 6.20 Å². The minimum absolute atomic E-state index is 0.436. The van der Waals surface area contributed by atoms with E-state index >= 15 is 0 Å². The van der Waals surface area contributed by atoms with Crippen molar-refractivity contribution in [1.82, 2.24) is 4.57 Å². The molecule has 1 atom stereocenters. The maximum absolute atomic E-state index is 2.24. The number of benzene rings is 1. The Morgan fingerprint density at radius 3 is 2.64 bits per heavy atom. The summed E-state index contributed by atoms with van der Waals surface area (Å²) in [4.78, 5) is 0. The van der Waals surface area contributed by atoms with E-state index in [2.05, 4.69) is 65.5 Å². The number of allylic oxidation sites excluding steroid dienone is 1. The van der Waals surface area contributed by atoms with E-state index in [1.165, 1.54) is 11.3 Å². The molecule has 1 aromatic carbocycles. The first-order valence-electron chi connectivity index (χ1n) is 4.85. The summed E-state index contributed by atoms with van der Waals surface area (Å²) in [5.74, 6) is 0.436. The third-order valence-corrected chi connectivity index (χ3v) is 2.73. The molecule has 1 aliphatic heterocycles. The minimum atomic E-state index is 0.436. The van der Waals surface area contributed by atoms with Gasteiger partial charge in [-0.25, -0.2) is 0 Å². The number of aromatic nitrogens is 1. The monoisotopic (exact) mass is 181 g/mol. The largest absolute Gasteiger partial charge is 0.327 e. The van der Waals surface area contributed by atoms with Crippen LogP contribution in [-0.4, -0.2) is 4.57 Å². The van der Waals surface area contributed by atoms with Crippen molar-refractivity contribution in [3.63, 3.8) is 0 Å². The molecule has 2 heterocycles. The summed E-state index contributed by atoms with van der Waals surface area (Å²) in [6, 6.07) is 14.9. The van der Waals surface area contributed by atoms with Crippen LogP contribution in [0.4, 0.5) is 0 Å². The molecule has 0 amide bonds. The number of rotatable bonds is 1. The van der Waals surface area contributed by atoms with Gasteiger partial charge in [0.05, 0.1) is 0 Å². The molecule has 0 spiro atoms. The number of fused-ring (bicyclic) bond motifs is 1.